The van der Waals surface area contributed by atoms with Gasteiger partial charge in [-0.25, -0.2) is 0 Å². The van der Waals surface area contributed by atoms with Crippen LogP contribution in [0.2, 0.25) is 0 Å². The van der Waals surface area contributed by atoms with E-state index in [2.05, 4.69) is 56.3 Å². The highest BCUT2D eigenvalue weighted by Gasteiger charge is 2.04. The molecule has 0 saturated carbocycles. The highest BCUT2D eigenvalue weighted by atomic mass is 79.9. The molecule has 2 rings (SSSR count). The molecule has 0 aliphatic heterocycles. The Kier molecular flexibility index (Phi) is 2.77. The van der Waals surface area contributed by atoms with Gasteiger partial charge in [-0.05, 0) is 40.9 Å². The third-order valence-electron chi connectivity index (χ3n) is 2.08. The van der Waals surface area contributed by atoms with Gasteiger partial charge in [0.2, 0.25) is 0 Å². The summed E-state index contributed by atoms with van der Waals surface area (Å²) in [5.41, 5.74) is 2.68. The summed E-state index contributed by atoms with van der Waals surface area (Å²) in [6.07, 6.45) is 0. The second-order valence-corrected chi connectivity index (χ2v) is 5.32. The van der Waals surface area contributed by atoms with Crippen LogP contribution in [0.15, 0.2) is 22.0 Å². The number of aryl methyl sites for hydroxylation is 1. The van der Waals surface area contributed by atoms with Crippen LogP contribution in [0.25, 0.3) is 10.1 Å². The minimum absolute atomic E-state index is 0.933. The third kappa shape index (κ3) is 1.69. The summed E-state index contributed by atoms with van der Waals surface area (Å²) < 4.78 is 2.57. The van der Waals surface area contributed by atoms with Crippen LogP contribution in [0.5, 0.6) is 0 Å². The lowest BCUT2D eigenvalue weighted by molar-refractivity contribution is 1.46. The Morgan fingerprint density at radius 3 is 2.85 bits per heavy atom. The zero-order valence-electron chi connectivity index (χ0n) is 7.10. The average Bonchev–Trinajstić information content (AvgIpc) is 2.48. The lowest BCUT2D eigenvalue weighted by Crippen LogP contribution is -1.77. The van der Waals surface area contributed by atoms with Crippen LogP contribution in [0, 0.1) is 6.92 Å². The van der Waals surface area contributed by atoms with Gasteiger partial charge in [0.05, 0.1) is 0 Å². The number of benzene rings is 1. The summed E-state index contributed by atoms with van der Waals surface area (Å²) in [5.74, 6) is 0. The van der Waals surface area contributed by atoms with E-state index in [4.69, 9.17) is 0 Å². The Labute approximate surface area is 98.2 Å². The molecule has 3 heteroatoms. The van der Waals surface area contributed by atoms with Gasteiger partial charge in [0.1, 0.15) is 0 Å². The second kappa shape index (κ2) is 3.71. The molecular formula is C10H8Br2S. The first-order valence-corrected chi connectivity index (χ1v) is 6.74. The minimum atomic E-state index is 0.933. The molecule has 68 valence electrons. The normalized spacial score (nSPS) is 11.0. The van der Waals surface area contributed by atoms with Crippen LogP contribution in [-0.2, 0) is 5.33 Å². The molecule has 1 aromatic heterocycles. The van der Waals surface area contributed by atoms with Crippen molar-refractivity contribution < 1.29 is 0 Å². The fourth-order valence-corrected chi connectivity index (χ4v) is 3.37. The van der Waals surface area contributed by atoms with Crippen LogP contribution in [-0.4, -0.2) is 0 Å². The Bertz CT molecular complexity index is 445. The quantitative estimate of drug-likeness (QED) is 0.658. The number of hydrogen-bond acceptors (Lipinski definition) is 1. The first-order valence-electron chi connectivity index (χ1n) is 3.94. The van der Waals surface area contributed by atoms with Crippen molar-refractivity contribution in [2.75, 3.05) is 0 Å². The van der Waals surface area contributed by atoms with Crippen molar-refractivity contribution in [3.63, 3.8) is 0 Å². The molecule has 0 saturated heterocycles. The van der Waals surface area contributed by atoms with E-state index in [1.165, 1.54) is 25.7 Å². The van der Waals surface area contributed by atoms with Crippen molar-refractivity contribution in [3.8, 4) is 0 Å². The van der Waals surface area contributed by atoms with Gasteiger partial charge < -0.3 is 0 Å². The minimum Gasteiger partial charge on any atom is -0.143 e. The maximum Gasteiger partial charge on any atom is 0.0349 e. The highest BCUT2D eigenvalue weighted by molar-refractivity contribution is 9.10. The maximum absolute atomic E-state index is 3.55. The zero-order valence-corrected chi connectivity index (χ0v) is 11.1. The summed E-state index contributed by atoms with van der Waals surface area (Å²) in [4.78, 5) is 0. The molecule has 0 fully saturated rings. The van der Waals surface area contributed by atoms with E-state index in [-0.39, 0.29) is 0 Å². The zero-order chi connectivity index (χ0) is 9.42. The van der Waals surface area contributed by atoms with Gasteiger partial charge in [0.25, 0.3) is 0 Å². The molecule has 0 unspecified atom stereocenters. The summed E-state index contributed by atoms with van der Waals surface area (Å²) in [6, 6.07) is 4.44. The molecule has 0 N–H and O–H groups in total. The number of alkyl halides is 1. The van der Waals surface area contributed by atoms with Gasteiger partial charge in [0, 0.05) is 14.5 Å². The van der Waals surface area contributed by atoms with E-state index in [1.54, 1.807) is 0 Å². The number of thiophene rings is 1. The molecule has 0 nitrogen and oxygen atoms in total. The van der Waals surface area contributed by atoms with Gasteiger partial charge in [-0.3, -0.25) is 0 Å². The van der Waals surface area contributed by atoms with Crippen LogP contribution >= 0.6 is 43.2 Å². The molecule has 0 atom stereocenters. The van der Waals surface area contributed by atoms with E-state index in [0.717, 1.165) is 5.33 Å². The van der Waals surface area contributed by atoms with Crippen molar-refractivity contribution in [3.05, 3.63) is 33.1 Å². The summed E-state index contributed by atoms with van der Waals surface area (Å²) in [5, 5.41) is 4.51. The highest BCUT2D eigenvalue weighted by Crippen LogP contribution is 2.32. The molecule has 2 aromatic rings. The van der Waals surface area contributed by atoms with E-state index >= 15 is 0 Å². The van der Waals surface area contributed by atoms with Crippen molar-refractivity contribution >= 4 is 53.3 Å². The van der Waals surface area contributed by atoms with Crippen LogP contribution < -0.4 is 0 Å². The smallest absolute Gasteiger partial charge is 0.0349 e. The molecule has 0 radical (unpaired) electrons. The summed E-state index contributed by atoms with van der Waals surface area (Å²) in [7, 11) is 0. The maximum atomic E-state index is 3.55. The van der Waals surface area contributed by atoms with Crippen molar-refractivity contribution in [2.24, 2.45) is 0 Å². The predicted octanol–water partition coefficient (Wildman–Crippen LogP) is 4.87. The van der Waals surface area contributed by atoms with Gasteiger partial charge >= 0.3 is 0 Å². The molecule has 0 aliphatic carbocycles. The molecular weight excluding hydrogens is 312 g/mol. The van der Waals surface area contributed by atoms with Crippen molar-refractivity contribution in [2.45, 2.75) is 12.3 Å². The first kappa shape index (κ1) is 9.69. The van der Waals surface area contributed by atoms with Gasteiger partial charge in [-0.15, -0.1) is 11.3 Å². The number of halogens is 2. The van der Waals surface area contributed by atoms with E-state index < -0.39 is 0 Å². The Balaban J connectivity index is 2.77. The monoisotopic (exact) mass is 318 g/mol. The fraction of sp³-hybridized carbons (Fsp3) is 0.200. The van der Waals surface area contributed by atoms with Crippen LogP contribution in [0.3, 0.4) is 0 Å². The standard InChI is InChI=1S/C10H8Br2S/c1-6-2-10-8(3-9(6)12)7(4-11)5-13-10/h2-3,5H,4H2,1H3. The van der Waals surface area contributed by atoms with Crippen molar-refractivity contribution in [1.82, 2.24) is 0 Å². The molecule has 0 amide bonds. The SMILES string of the molecule is Cc1cc2scc(CBr)c2cc1Br. The van der Waals surface area contributed by atoms with E-state index in [0.29, 0.717) is 0 Å². The van der Waals surface area contributed by atoms with E-state index in [1.807, 2.05) is 11.3 Å². The van der Waals surface area contributed by atoms with Gasteiger partial charge in [0.15, 0.2) is 0 Å². The average molecular weight is 320 g/mol. The Hall–Kier alpha value is 0.140. The first-order chi connectivity index (χ1) is 6.22. The van der Waals surface area contributed by atoms with E-state index in [9.17, 15) is 0 Å². The number of hydrogen-bond donors (Lipinski definition) is 0. The third-order valence-corrected chi connectivity index (χ3v) is 4.53. The van der Waals surface area contributed by atoms with Gasteiger partial charge in [-0.2, -0.15) is 0 Å². The van der Waals surface area contributed by atoms with Gasteiger partial charge in [-0.1, -0.05) is 31.9 Å². The molecule has 0 bridgehead atoms. The van der Waals surface area contributed by atoms with Crippen LogP contribution in [0.1, 0.15) is 11.1 Å². The molecule has 1 heterocycles. The summed E-state index contributed by atoms with van der Waals surface area (Å²) in [6.45, 7) is 2.12. The lowest BCUT2D eigenvalue weighted by atomic mass is 10.1. The Morgan fingerprint density at radius 2 is 2.15 bits per heavy atom. The molecule has 0 spiro atoms. The van der Waals surface area contributed by atoms with Crippen LogP contribution in [0.4, 0.5) is 0 Å². The molecule has 13 heavy (non-hydrogen) atoms. The number of rotatable bonds is 1. The predicted molar refractivity (Wildman–Crippen MR) is 66.9 cm³/mol. The topological polar surface area (TPSA) is 0 Å². The van der Waals surface area contributed by atoms with Crippen molar-refractivity contribution in [1.29, 1.82) is 0 Å². The number of fused-ring (bicyclic) bond motifs is 1. The summed E-state index contributed by atoms with van der Waals surface area (Å²) >= 11 is 8.86. The lowest BCUT2D eigenvalue weighted by Gasteiger charge is -1.99. The second-order valence-electron chi connectivity index (χ2n) is 2.99. The fourth-order valence-electron chi connectivity index (χ4n) is 1.31. The largest absolute Gasteiger partial charge is 0.143 e. The Morgan fingerprint density at radius 1 is 1.38 bits per heavy atom. The molecule has 0 aliphatic rings. The molecule has 1 aromatic carbocycles.